The Morgan fingerprint density at radius 3 is 2.69 bits per heavy atom. The van der Waals surface area contributed by atoms with Crippen molar-refractivity contribution in [2.75, 3.05) is 19.8 Å². The normalized spacial score (nSPS) is 21.3. The van der Waals surface area contributed by atoms with Crippen molar-refractivity contribution < 1.29 is 23.0 Å². The van der Waals surface area contributed by atoms with E-state index in [1.807, 2.05) is 6.92 Å². The lowest BCUT2D eigenvalue weighted by Crippen LogP contribution is -2.39. The summed E-state index contributed by atoms with van der Waals surface area (Å²) >= 11 is 0. The van der Waals surface area contributed by atoms with Crippen LogP contribution < -0.4 is 10.5 Å². The number of amidine groups is 1. The summed E-state index contributed by atoms with van der Waals surface area (Å²) in [4.78, 5) is 8.44. The molecule has 176 valence electrons. The number of hydrogen-bond donors (Lipinski definition) is 1. The molecular weight excluding hydrogens is 452 g/mol. The number of hydrogen-bond acceptors (Lipinski definition) is 6. The van der Waals surface area contributed by atoms with E-state index in [0.29, 0.717) is 53.2 Å². The average Bonchev–Trinajstić information content (AvgIpc) is 2.83. The summed E-state index contributed by atoms with van der Waals surface area (Å²) in [7, 11) is 0. The molecule has 1 spiro atoms. The summed E-state index contributed by atoms with van der Waals surface area (Å²) in [5, 5.41) is 0. The fourth-order valence-electron chi connectivity index (χ4n) is 4.72. The molecule has 0 bridgehead atoms. The fraction of sp³-hybridized carbons (Fsp3) is 0.259. The van der Waals surface area contributed by atoms with Gasteiger partial charge in [-0.2, -0.15) is 4.39 Å². The number of nitrogens with two attached hydrogens (primary N) is 1. The lowest BCUT2D eigenvalue weighted by Gasteiger charge is -2.39. The van der Waals surface area contributed by atoms with Gasteiger partial charge in [-0.3, -0.25) is 0 Å². The molecule has 6 nitrogen and oxygen atoms in total. The van der Waals surface area contributed by atoms with Gasteiger partial charge in [-0.25, -0.2) is 14.4 Å². The van der Waals surface area contributed by atoms with Crippen LogP contribution in [-0.4, -0.2) is 30.8 Å². The molecule has 3 aliphatic rings. The van der Waals surface area contributed by atoms with Gasteiger partial charge in [0.25, 0.3) is 6.02 Å². The van der Waals surface area contributed by atoms with Gasteiger partial charge >= 0.3 is 0 Å². The van der Waals surface area contributed by atoms with Crippen molar-refractivity contribution in [3.8, 4) is 34.5 Å². The van der Waals surface area contributed by atoms with Gasteiger partial charge in [0.2, 0.25) is 5.95 Å². The number of pyridine rings is 1. The smallest absolute Gasteiger partial charge is 0.283 e. The number of aromatic nitrogens is 1. The molecule has 2 N–H and O–H groups in total. The number of ether oxygens (including phenoxy) is 3. The summed E-state index contributed by atoms with van der Waals surface area (Å²) in [5.74, 6) is 5.62. The number of benzene rings is 2. The van der Waals surface area contributed by atoms with Crippen LogP contribution in [-0.2, 0) is 15.0 Å². The van der Waals surface area contributed by atoms with E-state index in [1.54, 1.807) is 36.4 Å². The lowest BCUT2D eigenvalue weighted by atomic mass is 9.76. The minimum absolute atomic E-state index is 0.0102. The first kappa shape index (κ1) is 21.6. The van der Waals surface area contributed by atoms with Gasteiger partial charge in [-0.1, -0.05) is 17.9 Å². The highest BCUT2D eigenvalue weighted by atomic mass is 19.1. The quantitative estimate of drug-likeness (QED) is 0.416. The van der Waals surface area contributed by atoms with E-state index in [0.717, 1.165) is 0 Å². The van der Waals surface area contributed by atoms with E-state index in [-0.39, 0.29) is 23.8 Å². The molecule has 1 fully saturated rings. The first-order chi connectivity index (χ1) is 16.9. The van der Waals surface area contributed by atoms with Crippen LogP contribution in [0.5, 0.6) is 11.5 Å². The molecule has 0 aliphatic carbocycles. The maximum atomic E-state index is 15.4. The maximum Gasteiger partial charge on any atom is 0.283 e. The van der Waals surface area contributed by atoms with Gasteiger partial charge in [0.15, 0.2) is 11.6 Å². The predicted octanol–water partition coefficient (Wildman–Crippen LogP) is 4.50. The standard InChI is InChI=1S/C27H21F2N3O3/c1-26(14-33-15-26)7-6-16-11-20-23(21(28)12-16)35-22-5-4-17(18-3-2-9-31-24(18)29)13-19(22)27(20)8-10-34-25(30)32-27/h2-5,9,11-13H,8,10,14-15H2,1H3,(H2,30,32)/t27-/m0/s1. The molecule has 6 rings (SSSR count). The summed E-state index contributed by atoms with van der Waals surface area (Å²) in [6.07, 6.45) is 1.78. The van der Waals surface area contributed by atoms with Crippen LogP contribution in [0, 0.1) is 29.0 Å². The van der Waals surface area contributed by atoms with Gasteiger partial charge in [-0.15, -0.1) is 0 Å². The minimum atomic E-state index is -1.08. The zero-order chi connectivity index (χ0) is 24.2. The molecule has 8 heteroatoms. The first-order valence-corrected chi connectivity index (χ1v) is 11.2. The van der Waals surface area contributed by atoms with Gasteiger partial charge in [0, 0.05) is 34.9 Å². The Morgan fingerprint density at radius 1 is 1.09 bits per heavy atom. The Labute approximate surface area is 200 Å². The summed E-state index contributed by atoms with van der Waals surface area (Å²) in [6, 6.07) is 11.6. The Bertz CT molecular complexity index is 1460. The van der Waals surface area contributed by atoms with E-state index in [4.69, 9.17) is 19.9 Å². The monoisotopic (exact) mass is 473 g/mol. The number of nitrogens with zero attached hydrogens (tertiary/aromatic N) is 2. The molecule has 0 unspecified atom stereocenters. The summed E-state index contributed by atoms with van der Waals surface area (Å²) < 4.78 is 46.6. The van der Waals surface area contributed by atoms with Crippen molar-refractivity contribution in [2.24, 2.45) is 16.1 Å². The Hall–Kier alpha value is -3.96. The number of rotatable bonds is 1. The summed E-state index contributed by atoms with van der Waals surface area (Å²) in [5.41, 5.74) is 7.26. The zero-order valence-electron chi connectivity index (χ0n) is 18.9. The third kappa shape index (κ3) is 3.51. The van der Waals surface area contributed by atoms with Crippen LogP contribution in [0.2, 0.25) is 0 Å². The molecule has 2 aromatic carbocycles. The second-order valence-electron chi connectivity index (χ2n) is 9.20. The van der Waals surface area contributed by atoms with Crippen LogP contribution >= 0.6 is 0 Å². The number of aliphatic imine (C=N–C) groups is 1. The number of fused-ring (bicyclic) bond motifs is 4. The highest BCUT2D eigenvalue weighted by molar-refractivity contribution is 5.76. The van der Waals surface area contributed by atoms with Gasteiger partial charge in [0.05, 0.1) is 25.2 Å². The van der Waals surface area contributed by atoms with Crippen LogP contribution in [0.4, 0.5) is 8.78 Å². The molecule has 0 radical (unpaired) electrons. The molecule has 35 heavy (non-hydrogen) atoms. The van der Waals surface area contributed by atoms with Crippen molar-refractivity contribution >= 4 is 6.02 Å². The van der Waals surface area contributed by atoms with Gasteiger partial charge in [-0.05, 0) is 48.9 Å². The number of halogens is 2. The van der Waals surface area contributed by atoms with Crippen molar-refractivity contribution in [3.05, 3.63) is 77.1 Å². The maximum absolute atomic E-state index is 15.4. The highest BCUT2D eigenvalue weighted by Gasteiger charge is 2.46. The molecule has 3 aliphatic heterocycles. The molecule has 0 amide bonds. The van der Waals surface area contributed by atoms with E-state index >= 15 is 4.39 Å². The Morgan fingerprint density at radius 2 is 1.94 bits per heavy atom. The average molecular weight is 473 g/mol. The van der Waals surface area contributed by atoms with Crippen LogP contribution in [0.1, 0.15) is 30.0 Å². The van der Waals surface area contributed by atoms with Crippen LogP contribution in [0.3, 0.4) is 0 Å². The molecule has 4 heterocycles. The summed E-state index contributed by atoms with van der Waals surface area (Å²) in [6.45, 7) is 3.35. The third-order valence-electron chi connectivity index (χ3n) is 6.56. The third-order valence-corrected chi connectivity index (χ3v) is 6.56. The Kier molecular flexibility index (Phi) is 4.80. The fourth-order valence-corrected chi connectivity index (χ4v) is 4.72. The van der Waals surface area contributed by atoms with E-state index in [1.165, 1.54) is 12.3 Å². The highest BCUT2D eigenvalue weighted by Crippen LogP contribution is 2.53. The zero-order valence-corrected chi connectivity index (χ0v) is 18.9. The molecule has 1 aromatic heterocycles. The van der Waals surface area contributed by atoms with E-state index < -0.39 is 17.3 Å². The topological polar surface area (TPSA) is 79.0 Å². The van der Waals surface area contributed by atoms with Gasteiger partial charge in [0.1, 0.15) is 11.3 Å². The molecule has 1 atom stereocenters. The van der Waals surface area contributed by atoms with Crippen molar-refractivity contribution in [2.45, 2.75) is 18.9 Å². The molecule has 0 saturated carbocycles. The second kappa shape index (κ2) is 7.79. The first-order valence-electron chi connectivity index (χ1n) is 11.2. The largest absolute Gasteiger partial charge is 0.465 e. The van der Waals surface area contributed by atoms with E-state index in [9.17, 15) is 4.39 Å². The van der Waals surface area contributed by atoms with Crippen molar-refractivity contribution in [1.29, 1.82) is 0 Å². The van der Waals surface area contributed by atoms with E-state index in [2.05, 4.69) is 21.8 Å². The van der Waals surface area contributed by atoms with Gasteiger partial charge < -0.3 is 19.9 Å². The predicted molar refractivity (Wildman–Crippen MR) is 125 cm³/mol. The SMILES string of the molecule is CC1(C#Cc2cc(F)c3c(c2)[C@]2(CCOC(N)=N2)c2cc(-c4cccnc4F)ccc2O3)COC1. The lowest BCUT2D eigenvalue weighted by molar-refractivity contribution is -0.0648. The molecule has 3 aromatic rings. The molecule has 1 saturated heterocycles. The minimum Gasteiger partial charge on any atom is -0.465 e. The second-order valence-corrected chi connectivity index (χ2v) is 9.20. The van der Waals surface area contributed by atoms with Crippen LogP contribution in [0.15, 0.2) is 53.7 Å². The van der Waals surface area contributed by atoms with Crippen LogP contribution in [0.25, 0.3) is 11.1 Å². The Balaban J connectivity index is 1.55. The molecular formula is C27H21F2N3O3. The van der Waals surface area contributed by atoms with Crippen molar-refractivity contribution in [1.82, 2.24) is 4.98 Å². The van der Waals surface area contributed by atoms with Crippen molar-refractivity contribution in [3.63, 3.8) is 0 Å².